The highest BCUT2D eigenvalue weighted by molar-refractivity contribution is 5.89. The van der Waals surface area contributed by atoms with Gasteiger partial charge < -0.3 is 20.1 Å². The van der Waals surface area contributed by atoms with Crippen molar-refractivity contribution in [1.29, 1.82) is 0 Å². The van der Waals surface area contributed by atoms with Gasteiger partial charge in [0.25, 0.3) is 0 Å². The molecule has 3 aromatic carbocycles. The van der Waals surface area contributed by atoms with Gasteiger partial charge >= 0.3 is 6.03 Å². The van der Waals surface area contributed by atoms with E-state index in [2.05, 4.69) is 15.5 Å². The van der Waals surface area contributed by atoms with E-state index >= 15 is 0 Å². The Morgan fingerprint density at radius 1 is 1.06 bits per heavy atom. The van der Waals surface area contributed by atoms with Crippen LogP contribution in [-0.2, 0) is 13.0 Å². The van der Waals surface area contributed by atoms with Crippen molar-refractivity contribution in [1.82, 2.24) is 10.2 Å². The van der Waals surface area contributed by atoms with Crippen molar-refractivity contribution in [2.45, 2.75) is 25.9 Å². The summed E-state index contributed by atoms with van der Waals surface area (Å²) in [5.74, 6) is 1.07. The molecule has 7 heteroatoms. The van der Waals surface area contributed by atoms with Gasteiger partial charge in [0.15, 0.2) is 11.5 Å². The summed E-state index contributed by atoms with van der Waals surface area (Å²) in [4.78, 5) is 14.8. The smallest absolute Gasteiger partial charge is 0.319 e. The maximum Gasteiger partial charge on any atom is 0.319 e. The average Bonchev–Trinajstić information content (AvgIpc) is 2.85. The molecule has 3 aromatic rings. The van der Waals surface area contributed by atoms with E-state index in [9.17, 15) is 9.18 Å². The summed E-state index contributed by atoms with van der Waals surface area (Å²) in [6.07, 6.45) is 0.788. The molecule has 0 radical (unpaired) electrons. The van der Waals surface area contributed by atoms with Crippen LogP contribution in [0.3, 0.4) is 0 Å². The largest absolute Gasteiger partial charge is 0.493 e. The zero-order valence-corrected chi connectivity index (χ0v) is 19.7. The molecule has 1 heterocycles. The second-order valence-electron chi connectivity index (χ2n) is 8.43. The van der Waals surface area contributed by atoms with Crippen molar-refractivity contribution in [3.8, 4) is 11.5 Å². The molecule has 2 amide bonds. The standard InChI is InChI=1S/C27H30FN3O3/c1-18-8-10-21(11-9-18)30-27(32)29-16-24-22-15-26(34-3)25(33-2)14-19(22)12-13-31(24)17-20-6-4-5-7-23(20)28/h4-11,14-15,24H,12-13,16-17H2,1-3H3,(H2,29,30,32). The molecule has 0 bridgehead atoms. The summed E-state index contributed by atoms with van der Waals surface area (Å²) >= 11 is 0. The van der Waals surface area contributed by atoms with Gasteiger partial charge in [-0.3, -0.25) is 4.90 Å². The van der Waals surface area contributed by atoms with Crippen molar-refractivity contribution in [3.63, 3.8) is 0 Å². The normalized spacial score (nSPS) is 15.4. The first-order chi connectivity index (χ1) is 16.5. The third kappa shape index (κ3) is 5.31. The lowest BCUT2D eigenvalue weighted by atomic mass is 9.91. The SMILES string of the molecule is COc1cc2c(cc1OC)C(CNC(=O)Nc1ccc(C)cc1)N(Cc1ccccc1F)CC2. The highest BCUT2D eigenvalue weighted by Gasteiger charge is 2.30. The van der Waals surface area contributed by atoms with Gasteiger partial charge in [-0.05, 0) is 54.8 Å². The first-order valence-electron chi connectivity index (χ1n) is 11.3. The van der Waals surface area contributed by atoms with Crippen LogP contribution in [0.25, 0.3) is 0 Å². The van der Waals surface area contributed by atoms with E-state index in [1.165, 1.54) is 6.07 Å². The van der Waals surface area contributed by atoms with Crippen LogP contribution >= 0.6 is 0 Å². The summed E-state index contributed by atoms with van der Waals surface area (Å²) in [6, 6.07) is 17.9. The van der Waals surface area contributed by atoms with Gasteiger partial charge in [0.1, 0.15) is 5.82 Å². The number of amides is 2. The van der Waals surface area contributed by atoms with Crippen LogP contribution in [0.2, 0.25) is 0 Å². The van der Waals surface area contributed by atoms with E-state index in [1.807, 2.05) is 49.4 Å². The molecular weight excluding hydrogens is 433 g/mol. The molecule has 1 atom stereocenters. The zero-order chi connectivity index (χ0) is 24.1. The minimum Gasteiger partial charge on any atom is -0.493 e. The number of fused-ring (bicyclic) bond motifs is 1. The zero-order valence-electron chi connectivity index (χ0n) is 19.7. The van der Waals surface area contributed by atoms with Crippen LogP contribution in [0, 0.1) is 12.7 Å². The molecule has 6 nitrogen and oxygen atoms in total. The summed E-state index contributed by atoms with van der Waals surface area (Å²) in [6.45, 7) is 3.52. The summed E-state index contributed by atoms with van der Waals surface area (Å²) in [5, 5.41) is 5.87. The second kappa shape index (κ2) is 10.6. The van der Waals surface area contributed by atoms with Crippen LogP contribution < -0.4 is 20.1 Å². The average molecular weight is 464 g/mol. The van der Waals surface area contributed by atoms with Gasteiger partial charge in [-0.1, -0.05) is 35.9 Å². The topological polar surface area (TPSA) is 62.8 Å². The fourth-order valence-electron chi connectivity index (χ4n) is 4.36. The number of rotatable bonds is 7. The third-order valence-electron chi connectivity index (χ3n) is 6.21. The van der Waals surface area contributed by atoms with E-state index in [1.54, 1.807) is 26.4 Å². The van der Waals surface area contributed by atoms with Gasteiger partial charge in [-0.15, -0.1) is 0 Å². The molecule has 4 rings (SSSR count). The van der Waals surface area contributed by atoms with Gasteiger partial charge in [-0.2, -0.15) is 0 Å². The summed E-state index contributed by atoms with van der Waals surface area (Å²) in [5.41, 5.74) is 4.64. The second-order valence-corrected chi connectivity index (χ2v) is 8.43. The Morgan fingerprint density at radius 2 is 1.76 bits per heavy atom. The van der Waals surface area contributed by atoms with Crippen LogP contribution in [0.1, 0.15) is 28.3 Å². The minimum atomic E-state index is -0.290. The first-order valence-corrected chi connectivity index (χ1v) is 11.3. The Labute approximate surface area is 199 Å². The minimum absolute atomic E-state index is 0.160. The van der Waals surface area contributed by atoms with E-state index in [0.717, 1.165) is 35.3 Å². The number of aryl methyl sites for hydroxylation is 1. The highest BCUT2D eigenvalue weighted by Crippen LogP contribution is 2.38. The number of methoxy groups -OCH3 is 2. The number of halogens is 1. The number of anilines is 1. The number of urea groups is 1. The third-order valence-corrected chi connectivity index (χ3v) is 6.21. The van der Waals surface area contributed by atoms with Crippen molar-refractivity contribution in [2.75, 3.05) is 32.6 Å². The molecular formula is C27H30FN3O3. The predicted octanol–water partition coefficient (Wildman–Crippen LogP) is 5.07. The van der Waals surface area contributed by atoms with Gasteiger partial charge in [0, 0.05) is 30.9 Å². The molecule has 0 spiro atoms. The molecule has 0 aromatic heterocycles. The fourth-order valence-corrected chi connectivity index (χ4v) is 4.36. The maximum atomic E-state index is 14.4. The van der Waals surface area contributed by atoms with Crippen LogP contribution in [0.4, 0.5) is 14.9 Å². The van der Waals surface area contributed by atoms with Gasteiger partial charge in [0.05, 0.1) is 20.3 Å². The van der Waals surface area contributed by atoms with Crippen LogP contribution in [0.5, 0.6) is 11.5 Å². The Bertz CT molecular complexity index is 1150. The van der Waals surface area contributed by atoms with E-state index in [0.29, 0.717) is 30.2 Å². The van der Waals surface area contributed by atoms with Crippen molar-refractivity contribution < 1.29 is 18.7 Å². The lowest BCUT2D eigenvalue weighted by Gasteiger charge is -2.38. The van der Waals surface area contributed by atoms with Gasteiger partial charge in [0.2, 0.25) is 0 Å². The molecule has 1 aliphatic rings. The number of benzene rings is 3. The Hall–Kier alpha value is -3.58. The van der Waals surface area contributed by atoms with E-state index in [4.69, 9.17) is 9.47 Å². The summed E-state index contributed by atoms with van der Waals surface area (Å²) in [7, 11) is 3.22. The molecule has 34 heavy (non-hydrogen) atoms. The number of nitrogens with zero attached hydrogens (tertiary/aromatic N) is 1. The van der Waals surface area contributed by atoms with Crippen LogP contribution in [-0.4, -0.2) is 38.2 Å². The molecule has 0 saturated heterocycles. The monoisotopic (exact) mass is 463 g/mol. The number of carbonyl (C=O) groups is 1. The molecule has 1 unspecified atom stereocenters. The molecule has 0 fully saturated rings. The Balaban J connectivity index is 1.58. The van der Waals surface area contributed by atoms with E-state index in [-0.39, 0.29) is 17.9 Å². The number of hydrogen-bond acceptors (Lipinski definition) is 4. The molecule has 2 N–H and O–H groups in total. The predicted molar refractivity (Wildman–Crippen MR) is 131 cm³/mol. The number of carbonyl (C=O) groups excluding carboxylic acids is 1. The fraction of sp³-hybridized carbons (Fsp3) is 0.296. The van der Waals surface area contributed by atoms with Crippen molar-refractivity contribution in [3.05, 3.63) is 88.7 Å². The maximum absolute atomic E-state index is 14.4. The van der Waals surface area contributed by atoms with Crippen LogP contribution in [0.15, 0.2) is 60.7 Å². The van der Waals surface area contributed by atoms with Crippen molar-refractivity contribution in [2.24, 2.45) is 0 Å². The number of nitrogens with one attached hydrogen (secondary N) is 2. The quantitative estimate of drug-likeness (QED) is 0.513. The number of ether oxygens (including phenoxy) is 2. The Kier molecular flexibility index (Phi) is 7.33. The Morgan fingerprint density at radius 3 is 2.47 bits per heavy atom. The van der Waals surface area contributed by atoms with Gasteiger partial charge in [-0.25, -0.2) is 9.18 Å². The van der Waals surface area contributed by atoms with E-state index < -0.39 is 0 Å². The number of hydrogen-bond donors (Lipinski definition) is 2. The molecule has 178 valence electrons. The molecule has 0 saturated carbocycles. The van der Waals surface area contributed by atoms with Crippen molar-refractivity contribution >= 4 is 11.7 Å². The first kappa shape index (κ1) is 23.6. The highest BCUT2D eigenvalue weighted by atomic mass is 19.1. The lowest BCUT2D eigenvalue weighted by molar-refractivity contribution is 0.170. The lowest BCUT2D eigenvalue weighted by Crippen LogP contribution is -2.43. The summed E-state index contributed by atoms with van der Waals surface area (Å²) < 4.78 is 25.4. The molecule has 1 aliphatic heterocycles. The molecule has 0 aliphatic carbocycles.